The zero-order valence-electron chi connectivity index (χ0n) is 25.7. The van der Waals surface area contributed by atoms with Crippen LogP contribution in [0.3, 0.4) is 0 Å². The molecule has 1 saturated heterocycles. The number of aryl methyl sites for hydroxylation is 1. The van der Waals surface area contributed by atoms with Crippen LogP contribution in [-0.4, -0.2) is 102 Å². The first-order valence-electron chi connectivity index (χ1n) is 14.2. The number of carboxylic acid groups (broad SMARTS) is 3. The second-order valence-corrected chi connectivity index (χ2v) is 10.7. The molecule has 0 unspecified atom stereocenters. The lowest BCUT2D eigenvalue weighted by atomic mass is 9.92. The molecule has 2 fully saturated rings. The Balaban J connectivity index is 0.000000338. The lowest BCUT2D eigenvalue weighted by Gasteiger charge is -2.32. The van der Waals surface area contributed by atoms with E-state index >= 15 is 0 Å². The molecule has 4 N–H and O–H groups in total. The zero-order valence-corrected chi connectivity index (χ0v) is 25.7. The number of fused-ring (bicyclic) bond motifs is 1. The van der Waals surface area contributed by atoms with Crippen molar-refractivity contribution in [1.29, 1.82) is 0 Å². The molecular weight excluding hydrogens is 703 g/mol. The van der Waals surface area contributed by atoms with Crippen LogP contribution < -0.4 is 5.32 Å². The van der Waals surface area contributed by atoms with E-state index in [4.69, 9.17) is 34.7 Å². The van der Waals surface area contributed by atoms with Crippen molar-refractivity contribution in [1.82, 2.24) is 24.4 Å². The van der Waals surface area contributed by atoms with Crippen molar-refractivity contribution in [2.45, 2.75) is 50.1 Å². The Kier molecular flexibility index (Phi) is 13.9. The van der Waals surface area contributed by atoms with Gasteiger partial charge in [0.2, 0.25) is 0 Å². The average molecular weight is 733 g/mol. The summed E-state index contributed by atoms with van der Waals surface area (Å²) in [5.74, 6) is -6.14. The van der Waals surface area contributed by atoms with Gasteiger partial charge in [-0.05, 0) is 49.8 Å². The van der Waals surface area contributed by atoms with Crippen molar-refractivity contribution < 1.29 is 74.0 Å². The number of nitrogens with one attached hydrogen (secondary N) is 1. The minimum Gasteiger partial charge on any atom is -0.475 e. The van der Waals surface area contributed by atoms with E-state index in [1.54, 1.807) is 24.5 Å². The van der Waals surface area contributed by atoms with E-state index in [9.17, 15) is 44.3 Å². The molecule has 3 aromatic rings. The van der Waals surface area contributed by atoms with Crippen molar-refractivity contribution in [2.24, 2.45) is 13.0 Å². The third-order valence-electron chi connectivity index (χ3n) is 6.84. The molecule has 0 spiro atoms. The fourth-order valence-corrected chi connectivity index (χ4v) is 4.10. The van der Waals surface area contributed by atoms with Crippen molar-refractivity contribution in [2.75, 3.05) is 25.0 Å². The number of rotatable bonds is 5. The van der Waals surface area contributed by atoms with Crippen molar-refractivity contribution in [3.63, 3.8) is 0 Å². The van der Waals surface area contributed by atoms with Gasteiger partial charge >= 0.3 is 36.4 Å². The molecule has 13 nitrogen and oxygen atoms in total. The summed E-state index contributed by atoms with van der Waals surface area (Å²) in [4.78, 5) is 54.8. The van der Waals surface area contributed by atoms with Gasteiger partial charge in [0.05, 0.1) is 11.8 Å². The van der Waals surface area contributed by atoms with Gasteiger partial charge in [-0.3, -0.25) is 9.78 Å². The molecule has 1 aliphatic carbocycles. The Morgan fingerprint density at radius 3 is 1.70 bits per heavy atom. The third kappa shape index (κ3) is 13.0. The van der Waals surface area contributed by atoms with E-state index in [2.05, 4.69) is 25.9 Å². The minimum atomic E-state index is -5.08. The van der Waals surface area contributed by atoms with Crippen LogP contribution in [0, 0.1) is 5.92 Å². The lowest BCUT2D eigenvalue weighted by molar-refractivity contribution is -0.193. The number of aromatic nitrogens is 4. The molecule has 0 atom stereocenters. The maximum Gasteiger partial charge on any atom is 0.490 e. The minimum absolute atomic E-state index is 0.0904. The van der Waals surface area contributed by atoms with Gasteiger partial charge in [0.25, 0.3) is 5.91 Å². The fourth-order valence-electron chi connectivity index (χ4n) is 4.10. The molecule has 4 heterocycles. The number of carboxylic acids is 3. The molecule has 0 bridgehead atoms. The molecule has 276 valence electrons. The summed E-state index contributed by atoms with van der Waals surface area (Å²) in [6.45, 7) is 2.48. The summed E-state index contributed by atoms with van der Waals surface area (Å²) in [5, 5.41) is 24.9. The number of alkyl halides is 9. The maximum atomic E-state index is 12.7. The van der Waals surface area contributed by atoms with Gasteiger partial charge in [0.15, 0.2) is 5.82 Å². The zero-order chi connectivity index (χ0) is 38.0. The number of hydrogen-bond acceptors (Lipinski definition) is 8. The number of aliphatic carboxylic acids is 3. The number of halogens is 9. The van der Waals surface area contributed by atoms with Crippen LogP contribution in [0.15, 0.2) is 36.9 Å². The van der Waals surface area contributed by atoms with Crippen LogP contribution in [0.25, 0.3) is 11.0 Å². The number of carbonyl (C=O) groups excluding carboxylic acids is 1. The van der Waals surface area contributed by atoms with Crippen LogP contribution in [0.1, 0.15) is 47.7 Å². The standard InChI is InChI=1S/C22H26N6O.3C2HF3O2/c1-27-14-25-20-19(27)12-18(26-21(20)24-13-15-2-3-15)16-6-10-28(11-7-16)22(29)17-4-8-23-9-5-17;3*3-2(4,5)1(6)7/h4-5,8-9,12,14-16H,2-3,6-7,10-11,13H2,1H3,(H,24,26);3*(H,6,7). The van der Waals surface area contributed by atoms with Crippen LogP contribution in [0.2, 0.25) is 0 Å². The Morgan fingerprint density at radius 1 is 0.820 bits per heavy atom. The predicted molar refractivity (Wildman–Crippen MR) is 153 cm³/mol. The number of imidazole rings is 1. The average Bonchev–Trinajstić information content (AvgIpc) is 3.79. The van der Waals surface area contributed by atoms with Crippen molar-refractivity contribution in [3.8, 4) is 0 Å². The van der Waals surface area contributed by atoms with E-state index in [1.807, 2.05) is 18.3 Å². The predicted octanol–water partition coefficient (Wildman–Crippen LogP) is 5.10. The van der Waals surface area contributed by atoms with E-state index in [1.165, 1.54) is 12.8 Å². The molecule has 22 heteroatoms. The summed E-state index contributed by atoms with van der Waals surface area (Å²) in [6, 6.07) is 5.74. The summed E-state index contributed by atoms with van der Waals surface area (Å²) in [6.07, 6.45) is -5.59. The highest BCUT2D eigenvalue weighted by Crippen LogP contribution is 2.33. The number of anilines is 1. The van der Waals surface area contributed by atoms with Gasteiger partial charge in [-0.15, -0.1) is 0 Å². The molecule has 50 heavy (non-hydrogen) atoms. The van der Waals surface area contributed by atoms with Crippen LogP contribution >= 0.6 is 0 Å². The van der Waals surface area contributed by atoms with Gasteiger partial charge < -0.3 is 30.1 Å². The Labute approximate surface area is 275 Å². The van der Waals surface area contributed by atoms with Crippen LogP contribution in [0.5, 0.6) is 0 Å². The SMILES string of the molecule is Cn1cnc2c(NCC3CC3)nc(C3CCN(C(=O)c4ccncc4)CC3)cc21.O=C(O)C(F)(F)F.O=C(O)C(F)(F)F.O=C(O)C(F)(F)F. The Morgan fingerprint density at radius 2 is 1.28 bits per heavy atom. The Hall–Kier alpha value is -5.18. The van der Waals surface area contributed by atoms with Gasteiger partial charge in [0, 0.05) is 56.3 Å². The molecule has 5 rings (SSSR count). The lowest BCUT2D eigenvalue weighted by Crippen LogP contribution is -2.38. The summed E-state index contributed by atoms with van der Waals surface area (Å²) < 4.78 is 97.3. The number of hydrogen-bond donors (Lipinski definition) is 4. The number of nitrogens with zero attached hydrogens (tertiary/aromatic N) is 5. The molecule has 3 aromatic heterocycles. The second-order valence-electron chi connectivity index (χ2n) is 10.7. The van der Waals surface area contributed by atoms with Gasteiger partial charge in [0.1, 0.15) is 5.52 Å². The molecule has 0 radical (unpaired) electrons. The summed E-state index contributed by atoms with van der Waals surface area (Å²) in [7, 11) is 2.03. The number of likely N-dealkylation sites (tertiary alicyclic amines) is 1. The summed E-state index contributed by atoms with van der Waals surface area (Å²) in [5.41, 5.74) is 3.88. The highest BCUT2D eigenvalue weighted by atomic mass is 19.4. The molecule has 1 aliphatic heterocycles. The van der Waals surface area contributed by atoms with E-state index in [-0.39, 0.29) is 5.91 Å². The molecular formula is C28H29F9N6O7. The topological polar surface area (TPSA) is 188 Å². The van der Waals surface area contributed by atoms with Crippen molar-refractivity contribution in [3.05, 3.63) is 48.2 Å². The highest BCUT2D eigenvalue weighted by molar-refractivity contribution is 5.94. The summed E-state index contributed by atoms with van der Waals surface area (Å²) >= 11 is 0. The fraction of sp³-hybridized carbons (Fsp3) is 0.464. The van der Waals surface area contributed by atoms with E-state index in [0.717, 1.165) is 60.9 Å². The first-order valence-corrected chi connectivity index (χ1v) is 14.2. The van der Waals surface area contributed by atoms with Crippen LogP contribution in [-0.2, 0) is 21.4 Å². The Bertz CT molecular complexity index is 1560. The number of pyridine rings is 2. The monoisotopic (exact) mass is 732 g/mol. The molecule has 1 saturated carbocycles. The largest absolute Gasteiger partial charge is 0.490 e. The van der Waals surface area contributed by atoms with Crippen LogP contribution in [0.4, 0.5) is 45.3 Å². The van der Waals surface area contributed by atoms with E-state index in [0.29, 0.717) is 11.5 Å². The smallest absolute Gasteiger partial charge is 0.475 e. The number of amides is 1. The molecule has 0 aromatic carbocycles. The third-order valence-corrected chi connectivity index (χ3v) is 6.84. The second kappa shape index (κ2) is 17.0. The highest BCUT2D eigenvalue weighted by Gasteiger charge is 2.39. The van der Waals surface area contributed by atoms with Gasteiger partial charge in [-0.1, -0.05) is 0 Å². The van der Waals surface area contributed by atoms with Gasteiger partial charge in [-0.2, -0.15) is 39.5 Å². The normalized spacial score (nSPS) is 15.0. The molecule has 1 amide bonds. The number of piperidine rings is 1. The van der Waals surface area contributed by atoms with Gasteiger partial charge in [-0.25, -0.2) is 24.4 Å². The molecule has 2 aliphatic rings. The number of carbonyl (C=O) groups is 4. The first kappa shape index (κ1) is 41.0. The maximum absolute atomic E-state index is 12.7. The first-order chi connectivity index (χ1) is 23.0. The van der Waals surface area contributed by atoms with Crippen molar-refractivity contribution >= 4 is 40.7 Å². The van der Waals surface area contributed by atoms with E-state index < -0.39 is 36.4 Å². The quantitative estimate of drug-likeness (QED) is 0.256.